The quantitative estimate of drug-likeness (QED) is 0.526. The van der Waals surface area contributed by atoms with Crippen molar-refractivity contribution in [3.8, 4) is 0 Å². The number of carbonyl (C=O) groups excluding carboxylic acids is 1. The van der Waals surface area contributed by atoms with Gasteiger partial charge < -0.3 is 0 Å². The van der Waals surface area contributed by atoms with Crippen LogP contribution in [0.4, 0.5) is 0 Å². The van der Waals surface area contributed by atoms with Gasteiger partial charge in [-0.3, -0.25) is 4.79 Å². The molecule has 0 aliphatic rings. The van der Waals surface area contributed by atoms with Crippen LogP contribution in [0, 0.1) is 0 Å². The lowest BCUT2D eigenvalue weighted by Gasteiger charge is -2.14. The van der Waals surface area contributed by atoms with Gasteiger partial charge >= 0.3 is 0 Å². The van der Waals surface area contributed by atoms with Gasteiger partial charge in [-0.1, -0.05) is 72.1 Å². The second kappa shape index (κ2) is 5.11. The molecule has 0 aliphatic heterocycles. The van der Waals surface area contributed by atoms with E-state index in [0.29, 0.717) is 0 Å². The van der Waals surface area contributed by atoms with E-state index in [9.17, 15) is 4.79 Å². The van der Waals surface area contributed by atoms with E-state index in [1.54, 1.807) is 0 Å². The average molecular weight is 399 g/mol. The van der Waals surface area contributed by atoms with Crippen LogP contribution in [0.1, 0.15) is 33.5 Å². The van der Waals surface area contributed by atoms with E-state index in [2.05, 4.69) is 47.8 Å². The summed E-state index contributed by atoms with van der Waals surface area (Å²) in [6.45, 7) is 3.70. The molecule has 0 atom stereocenters. The maximum atomic E-state index is 11.9. The fraction of sp³-hybridized carbons (Fsp3) is 0.364. The molecule has 0 radical (unpaired) electrons. The third-order valence-electron chi connectivity index (χ3n) is 1.96. The summed E-state index contributed by atoms with van der Waals surface area (Å²) in [5.74, 6) is 0.0924. The highest BCUT2D eigenvalue weighted by Gasteiger charge is 2.24. The molecule has 0 saturated carbocycles. The van der Waals surface area contributed by atoms with Gasteiger partial charge in [0.2, 0.25) is 0 Å². The van der Waals surface area contributed by atoms with Crippen LogP contribution in [-0.2, 0) is 0 Å². The molecule has 1 nitrogen and oxygen atoms in total. The lowest BCUT2D eigenvalue weighted by Crippen LogP contribution is -2.23. The van der Waals surface area contributed by atoms with Crippen molar-refractivity contribution in [2.45, 2.75) is 21.9 Å². The van der Waals surface area contributed by atoms with Crippen molar-refractivity contribution in [2.24, 2.45) is 0 Å². The van der Waals surface area contributed by atoms with Crippen LogP contribution in [0.15, 0.2) is 24.3 Å². The van der Waals surface area contributed by atoms with Gasteiger partial charge in [0.25, 0.3) is 0 Å². The topological polar surface area (TPSA) is 17.1 Å². The molecule has 82 valence electrons. The Morgan fingerprint density at radius 2 is 1.67 bits per heavy atom. The SMILES string of the molecule is CC(C)(Br)C(=O)c1ccc(C(Br)Br)cc1. The van der Waals surface area contributed by atoms with E-state index in [1.165, 1.54) is 0 Å². The van der Waals surface area contributed by atoms with E-state index >= 15 is 0 Å². The van der Waals surface area contributed by atoms with Crippen LogP contribution < -0.4 is 0 Å². The minimum Gasteiger partial charge on any atom is -0.293 e. The van der Waals surface area contributed by atoms with Crippen molar-refractivity contribution < 1.29 is 4.79 Å². The maximum Gasteiger partial charge on any atom is 0.178 e. The van der Waals surface area contributed by atoms with Gasteiger partial charge in [-0.2, -0.15) is 0 Å². The number of hydrogen-bond donors (Lipinski definition) is 0. The van der Waals surface area contributed by atoms with Gasteiger partial charge in [0.1, 0.15) is 0 Å². The first-order valence-corrected chi connectivity index (χ1v) is 7.06. The van der Waals surface area contributed by atoms with Crippen LogP contribution in [-0.4, -0.2) is 10.1 Å². The number of carbonyl (C=O) groups is 1. The summed E-state index contributed by atoms with van der Waals surface area (Å²) in [5.41, 5.74) is 1.82. The molecule has 4 heteroatoms. The van der Waals surface area contributed by atoms with Gasteiger partial charge in [-0.15, -0.1) is 0 Å². The minimum atomic E-state index is -0.503. The molecule has 0 unspecified atom stereocenters. The Balaban J connectivity index is 2.95. The molecule has 1 aromatic rings. The number of benzene rings is 1. The van der Waals surface area contributed by atoms with E-state index < -0.39 is 4.32 Å². The van der Waals surface area contributed by atoms with Gasteiger partial charge in [-0.25, -0.2) is 0 Å². The normalized spacial score (nSPS) is 11.9. The Bertz CT molecular complexity index is 349. The first-order chi connectivity index (χ1) is 6.82. The highest BCUT2D eigenvalue weighted by atomic mass is 79.9. The molecule has 15 heavy (non-hydrogen) atoms. The Hall–Kier alpha value is 0.330. The van der Waals surface area contributed by atoms with Gasteiger partial charge in [0, 0.05) is 5.56 Å². The number of rotatable bonds is 3. The molecule has 0 aromatic heterocycles. The summed E-state index contributed by atoms with van der Waals surface area (Å²) >= 11 is 10.2. The first-order valence-electron chi connectivity index (χ1n) is 4.44. The van der Waals surface area contributed by atoms with Crippen LogP contribution >= 0.6 is 47.8 Å². The highest BCUT2D eigenvalue weighted by molar-refractivity contribution is 9.24. The van der Waals surface area contributed by atoms with Crippen molar-refractivity contribution >= 4 is 53.6 Å². The molecule has 0 N–H and O–H groups in total. The molecule has 0 spiro atoms. The summed E-state index contributed by atoms with van der Waals surface area (Å²) in [6, 6.07) is 7.55. The predicted molar refractivity (Wildman–Crippen MR) is 74.4 cm³/mol. The average Bonchev–Trinajstić information content (AvgIpc) is 2.15. The molecule has 0 heterocycles. The fourth-order valence-electron chi connectivity index (χ4n) is 1.12. The van der Waals surface area contributed by atoms with Crippen LogP contribution in [0.2, 0.25) is 0 Å². The maximum absolute atomic E-state index is 11.9. The van der Waals surface area contributed by atoms with E-state index in [4.69, 9.17) is 0 Å². The first kappa shape index (κ1) is 13.4. The van der Waals surface area contributed by atoms with Gasteiger partial charge in [0.05, 0.1) is 8.06 Å². The number of hydrogen-bond acceptors (Lipinski definition) is 1. The van der Waals surface area contributed by atoms with Crippen molar-refractivity contribution in [3.05, 3.63) is 35.4 Å². The summed E-state index contributed by atoms with van der Waals surface area (Å²) < 4.78 is -0.373. The lowest BCUT2D eigenvalue weighted by atomic mass is 10.0. The summed E-state index contributed by atoms with van der Waals surface area (Å²) in [5, 5.41) is 0. The Morgan fingerprint density at radius 3 is 2.00 bits per heavy atom. The Morgan fingerprint density at radius 1 is 1.20 bits per heavy atom. The summed E-state index contributed by atoms with van der Waals surface area (Å²) in [6.07, 6.45) is 0. The number of ketones is 1. The minimum absolute atomic E-state index is 0.0924. The van der Waals surface area contributed by atoms with Crippen LogP contribution in [0.25, 0.3) is 0 Å². The largest absolute Gasteiger partial charge is 0.293 e. The molecule has 0 bridgehead atoms. The second-order valence-corrected chi connectivity index (χ2v) is 8.77. The third kappa shape index (κ3) is 3.68. The molecule has 1 aromatic carbocycles. The summed E-state index contributed by atoms with van der Waals surface area (Å²) in [4.78, 5) is 11.9. The Kier molecular flexibility index (Phi) is 4.56. The van der Waals surface area contributed by atoms with Crippen molar-refractivity contribution in [2.75, 3.05) is 0 Å². The van der Waals surface area contributed by atoms with Crippen LogP contribution in [0.5, 0.6) is 0 Å². The van der Waals surface area contributed by atoms with Gasteiger partial charge in [0.15, 0.2) is 5.78 Å². The molecular formula is C11H11Br3O. The zero-order chi connectivity index (χ0) is 11.6. The highest BCUT2D eigenvalue weighted by Crippen LogP contribution is 2.30. The van der Waals surface area contributed by atoms with Gasteiger partial charge in [-0.05, 0) is 19.4 Å². The van der Waals surface area contributed by atoms with Crippen molar-refractivity contribution in [3.63, 3.8) is 0 Å². The summed E-state index contributed by atoms with van der Waals surface area (Å²) in [7, 11) is 0. The van der Waals surface area contributed by atoms with E-state index in [0.717, 1.165) is 11.1 Å². The van der Waals surface area contributed by atoms with E-state index in [1.807, 2.05) is 38.1 Å². The molecular weight excluding hydrogens is 388 g/mol. The third-order valence-corrected chi connectivity index (χ3v) is 3.38. The standard InChI is InChI=1S/C11H11Br3O/c1-11(2,14)9(15)7-3-5-8(6-4-7)10(12)13/h3-6,10H,1-2H3. The lowest BCUT2D eigenvalue weighted by molar-refractivity contribution is 0.0961. The van der Waals surface area contributed by atoms with E-state index in [-0.39, 0.29) is 9.52 Å². The number of Topliss-reactive ketones (excluding diaryl/α,β-unsaturated/α-hetero) is 1. The molecule has 0 saturated heterocycles. The molecule has 0 amide bonds. The number of halogens is 3. The predicted octanol–water partition coefficient (Wildman–Crippen LogP) is 4.83. The second-order valence-electron chi connectivity index (χ2n) is 3.72. The zero-order valence-corrected chi connectivity index (χ0v) is 13.2. The van der Waals surface area contributed by atoms with Crippen LogP contribution in [0.3, 0.4) is 0 Å². The van der Waals surface area contributed by atoms with Crippen molar-refractivity contribution in [1.82, 2.24) is 0 Å². The fourth-order valence-corrected chi connectivity index (χ4v) is 1.96. The molecule has 0 aliphatic carbocycles. The van der Waals surface area contributed by atoms with Crippen molar-refractivity contribution in [1.29, 1.82) is 0 Å². The molecule has 0 fully saturated rings. The number of alkyl halides is 3. The molecule has 1 rings (SSSR count). The smallest absolute Gasteiger partial charge is 0.178 e. The Labute approximate surface area is 115 Å². The monoisotopic (exact) mass is 396 g/mol. The zero-order valence-electron chi connectivity index (χ0n) is 8.43.